The molecule has 9 heteroatoms. The molecule has 0 atom stereocenters. The number of amides is 2. The van der Waals surface area contributed by atoms with E-state index >= 15 is 0 Å². The Hall–Kier alpha value is -2.84. The number of hydrogen-bond donors (Lipinski definition) is 2. The summed E-state index contributed by atoms with van der Waals surface area (Å²) >= 11 is 0. The lowest BCUT2D eigenvalue weighted by Crippen LogP contribution is -2.19. The average Bonchev–Trinajstić information content (AvgIpc) is 3.02. The number of carbonyl (C=O) groups excluding carboxylic acids is 2. The summed E-state index contributed by atoms with van der Waals surface area (Å²) in [7, 11) is 0. The van der Waals surface area contributed by atoms with Crippen molar-refractivity contribution in [3.63, 3.8) is 0 Å². The van der Waals surface area contributed by atoms with E-state index in [1.54, 1.807) is 25.1 Å². The van der Waals surface area contributed by atoms with Crippen LogP contribution in [-0.4, -0.2) is 21.6 Å². The van der Waals surface area contributed by atoms with Gasteiger partial charge in [0.25, 0.3) is 5.91 Å². The van der Waals surface area contributed by atoms with E-state index in [-0.39, 0.29) is 24.4 Å². The van der Waals surface area contributed by atoms with Crippen LogP contribution >= 0.6 is 0 Å². The first-order valence-corrected chi connectivity index (χ1v) is 9.53. The second-order valence-electron chi connectivity index (χ2n) is 7.27. The van der Waals surface area contributed by atoms with Gasteiger partial charge >= 0.3 is 6.18 Å². The van der Waals surface area contributed by atoms with Crippen LogP contribution in [0, 0.1) is 6.92 Å². The summed E-state index contributed by atoms with van der Waals surface area (Å²) in [4.78, 5) is 23.8. The third-order valence-electron chi connectivity index (χ3n) is 5.01. The summed E-state index contributed by atoms with van der Waals surface area (Å²) in [5.74, 6) is -0.986. The Morgan fingerprint density at radius 1 is 1.24 bits per heavy atom. The van der Waals surface area contributed by atoms with Crippen LogP contribution in [0.15, 0.2) is 18.2 Å². The molecule has 0 spiro atoms. The number of nitrogens with two attached hydrogens (primary N) is 1. The van der Waals surface area contributed by atoms with Crippen LogP contribution in [0.25, 0.3) is 0 Å². The van der Waals surface area contributed by atoms with Gasteiger partial charge in [0.15, 0.2) is 5.69 Å². The number of nitrogens with zero attached hydrogens (tertiary/aromatic N) is 2. The normalized spacial score (nSPS) is 13.8. The van der Waals surface area contributed by atoms with Crippen molar-refractivity contribution in [3.05, 3.63) is 46.3 Å². The summed E-state index contributed by atoms with van der Waals surface area (Å²) in [5, 5.41) is 6.44. The van der Waals surface area contributed by atoms with E-state index in [2.05, 4.69) is 10.4 Å². The molecule has 3 rings (SSSR count). The number of benzene rings is 1. The fourth-order valence-electron chi connectivity index (χ4n) is 3.66. The van der Waals surface area contributed by atoms with Gasteiger partial charge in [-0.3, -0.25) is 14.3 Å². The molecule has 0 saturated heterocycles. The molecule has 6 nitrogen and oxygen atoms in total. The quantitative estimate of drug-likeness (QED) is 0.765. The maximum atomic E-state index is 13.2. The molecule has 2 amide bonds. The Bertz CT molecular complexity index is 935. The van der Waals surface area contributed by atoms with Crippen molar-refractivity contribution >= 4 is 17.5 Å². The minimum absolute atomic E-state index is 0.0854. The smallest absolute Gasteiger partial charge is 0.366 e. The second-order valence-corrected chi connectivity index (χ2v) is 7.27. The Kier molecular flexibility index (Phi) is 5.95. The van der Waals surface area contributed by atoms with Crippen LogP contribution in [0.5, 0.6) is 0 Å². The first-order chi connectivity index (χ1) is 13.7. The molecular weight excluding hydrogens is 385 g/mol. The Morgan fingerprint density at radius 2 is 1.97 bits per heavy atom. The lowest BCUT2D eigenvalue weighted by Gasteiger charge is -2.14. The molecule has 0 bridgehead atoms. The van der Waals surface area contributed by atoms with Crippen molar-refractivity contribution in [1.29, 1.82) is 0 Å². The average molecular weight is 408 g/mol. The van der Waals surface area contributed by atoms with Crippen molar-refractivity contribution in [2.45, 2.75) is 58.2 Å². The van der Waals surface area contributed by atoms with Crippen LogP contribution in [0.4, 0.5) is 18.9 Å². The topological polar surface area (TPSA) is 90.0 Å². The van der Waals surface area contributed by atoms with Gasteiger partial charge in [0.05, 0.1) is 11.3 Å². The molecule has 0 saturated carbocycles. The fourth-order valence-corrected chi connectivity index (χ4v) is 3.66. The number of hydrogen-bond acceptors (Lipinski definition) is 3. The Labute approximate surface area is 166 Å². The number of nitrogens with one attached hydrogen (secondary N) is 1. The van der Waals surface area contributed by atoms with Crippen molar-refractivity contribution in [2.75, 3.05) is 5.32 Å². The van der Waals surface area contributed by atoms with E-state index in [0.717, 1.165) is 18.4 Å². The lowest BCUT2D eigenvalue weighted by molar-refractivity contribution is -0.142. The van der Waals surface area contributed by atoms with E-state index in [1.807, 2.05) is 0 Å². The molecule has 0 aliphatic heterocycles. The highest BCUT2D eigenvalue weighted by molar-refractivity contribution is 6.03. The van der Waals surface area contributed by atoms with Gasteiger partial charge in [0, 0.05) is 24.2 Å². The molecule has 0 radical (unpaired) electrons. The fraction of sp³-hybridized carbons (Fsp3) is 0.450. The predicted molar refractivity (Wildman–Crippen MR) is 101 cm³/mol. The predicted octanol–water partition coefficient (Wildman–Crippen LogP) is 3.61. The molecule has 2 aromatic rings. The largest absolute Gasteiger partial charge is 0.435 e. The third-order valence-corrected chi connectivity index (χ3v) is 5.01. The monoisotopic (exact) mass is 408 g/mol. The van der Waals surface area contributed by atoms with Gasteiger partial charge in [0.1, 0.15) is 0 Å². The number of anilines is 1. The minimum atomic E-state index is -4.47. The summed E-state index contributed by atoms with van der Waals surface area (Å²) in [6.07, 6.45) is -1.55. The Balaban J connectivity index is 1.64. The van der Waals surface area contributed by atoms with E-state index in [1.165, 1.54) is 4.68 Å². The van der Waals surface area contributed by atoms with Gasteiger partial charge < -0.3 is 11.1 Å². The van der Waals surface area contributed by atoms with Crippen molar-refractivity contribution in [1.82, 2.24) is 9.78 Å². The van der Waals surface area contributed by atoms with Gasteiger partial charge in [-0.05, 0) is 51.2 Å². The second kappa shape index (κ2) is 8.26. The number of aromatic nitrogens is 2. The number of alkyl halides is 3. The van der Waals surface area contributed by atoms with Crippen LogP contribution in [-0.2, 0) is 30.4 Å². The van der Waals surface area contributed by atoms with E-state index in [9.17, 15) is 22.8 Å². The minimum Gasteiger partial charge on any atom is -0.366 e. The molecule has 1 heterocycles. The summed E-state index contributed by atoms with van der Waals surface area (Å²) < 4.78 is 41.1. The molecule has 1 aliphatic rings. The molecule has 156 valence electrons. The van der Waals surface area contributed by atoms with Gasteiger partial charge in [-0.25, -0.2) is 0 Å². The highest BCUT2D eigenvalue weighted by Crippen LogP contribution is 2.35. The third kappa shape index (κ3) is 4.78. The number of carbonyl (C=O) groups is 2. The van der Waals surface area contributed by atoms with Crippen molar-refractivity contribution in [2.24, 2.45) is 5.73 Å². The number of primary amides is 1. The van der Waals surface area contributed by atoms with Gasteiger partial charge in [-0.15, -0.1) is 0 Å². The first kappa shape index (κ1) is 20.9. The molecule has 3 N–H and O–H groups in total. The summed E-state index contributed by atoms with van der Waals surface area (Å²) in [6.45, 7) is 2.03. The summed E-state index contributed by atoms with van der Waals surface area (Å²) in [5.41, 5.74) is 6.83. The standard InChI is InChI=1S/C20H23F3N4O2/c1-12-8-9-15(14(11-12)19(24)29)25-17(28)7-4-10-27-16-6-3-2-5-13(16)18(26-27)20(21,22)23/h8-9,11H,2-7,10H2,1H3,(H2,24,29)(H,25,28). The van der Waals surface area contributed by atoms with Gasteiger partial charge in [0.2, 0.25) is 5.91 Å². The zero-order valence-electron chi connectivity index (χ0n) is 16.1. The molecule has 0 unspecified atom stereocenters. The van der Waals surface area contributed by atoms with Crippen LogP contribution in [0.2, 0.25) is 0 Å². The lowest BCUT2D eigenvalue weighted by atomic mass is 9.95. The van der Waals surface area contributed by atoms with E-state index in [0.29, 0.717) is 36.2 Å². The number of aryl methyl sites for hydroxylation is 2. The summed E-state index contributed by atoms with van der Waals surface area (Å²) in [6, 6.07) is 4.94. The highest BCUT2D eigenvalue weighted by atomic mass is 19.4. The Morgan fingerprint density at radius 3 is 2.66 bits per heavy atom. The molecular formula is C20H23F3N4O2. The molecule has 1 aromatic heterocycles. The SMILES string of the molecule is Cc1ccc(NC(=O)CCCn2nc(C(F)(F)F)c3c2CCCC3)c(C(N)=O)c1. The van der Waals surface area contributed by atoms with E-state index in [4.69, 9.17) is 5.73 Å². The molecule has 1 aliphatic carbocycles. The first-order valence-electron chi connectivity index (χ1n) is 9.53. The van der Waals surface area contributed by atoms with Gasteiger partial charge in [-0.2, -0.15) is 18.3 Å². The molecule has 0 fully saturated rings. The molecule has 1 aromatic carbocycles. The maximum Gasteiger partial charge on any atom is 0.435 e. The zero-order valence-corrected chi connectivity index (χ0v) is 16.1. The zero-order chi connectivity index (χ0) is 21.2. The molecule has 29 heavy (non-hydrogen) atoms. The maximum absolute atomic E-state index is 13.2. The van der Waals surface area contributed by atoms with Crippen molar-refractivity contribution in [3.8, 4) is 0 Å². The van der Waals surface area contributed by atoms with E-state index < -0.39 is 17.8 Å². The number of halogens is 3. The van der Waals surface area contributed by atoms with Gasteiger partial charge in [-0.1, -0.05) is 11.6 Å². The van der Waals surface area contributed by atoms with Crippen LogP contribution < -0.4 is 11.1 Å². The number of fused-ring (bicyclic) bond motifs is 1. The van der Waals surface area contributed by atoms with Crippen LogP contribution in [0.1, 0.15) is 58.6 Å². The number of rotatable bonds is 6. The van der Waals surface area contributed by atoms with Crippen LogP contribution in [0.3, 0.4) is 0 Å². The highest BCUT2D eigenvalue weighted by Gasteiger charge is 2.39. The van der Waals surface area contributed by atoms with Crippen molar-refractivity contribution < 1.29 is 22.8 Å².